The highest BCUT2D eigenvalue weighted by Gasteiger charge is 2.00. The Labute approximate surface area is 70.6 Å². The highest BCUT2D eigenvalue weighted by molar-refractivity contribution is 5.80. The lowest BCUT2D eigenvalue weighted by molar-refractivity contribution is -0.130. The van der Waals surface area contributed by atoms with E-state index in [9.17, 15) is 4.79 Å². The van der Waals surface area contributed by atoms with Gasteiger partial charge in [0.1, 0.15) is 11.5 Å². The summed E-state index contributed by atoms with van der Waals surface area (Å²) in [6.45, 7) is 1.60. The van der Waals surface area contributed by atoms with Crippen LogP contribution >= 0.6 is 0 Å². The van der Waals surface area contributed by atoms with E-state index in [-0.39, 0.29) is 5.75 Å². The molecule has 3 nitrogen and oxygen atoms in total. The predicted molar refractivity (Wildman–Crippen MR) is 43.7 cm³/mol. The maximum atomic E-state index is 10.7. The maximum absolute atomic E-state index is 10.7. The second kappa shape index (κ2) is 3.76. The first-order valence-electron chi connectivity index (χ1n) is 3.52. The van der Waals surface area contributed by atoms with Gasteiger partial charge in [0, 0.05) is 0 Å². The molecule has 0 aliphatic carbocycles. The molecule has 0 unspecified atom stereocenters. The van der Waals surface area contributed by atoms with Crippen LogP contribution in [0, 0.1) is 6.42 Å². The van der Waals surface area contributed by atoms with Gasteiger partial charge in [-0.25, -0.2) is 0 Å². The van der Waals surface area contributed by atoms with Crippen molar-refractivity contribution in [2.24, 2.45) is 0 Å². The van der Waals surface area contributed by atoms with Crippen LogP contribution in [0.2, 0.25) is 0 Å². The molecule has 0 heterocycles. The second-order valence-corrected chi connectivity index (χ2v) is 2.20. The first-order valence-corrected chi connectivity index (χ1v) is 3.52. The van der Waals surface area contributed by atoms with Gasteiger partial charge in [0.25, 0.3) is 0 Å². The van der Waals surface area contributed by atoms with E-state index in [1.54, 1.807) is 6.92 Å². The fourth-order valence-electron chi connectivity index (χ4n) is 0.689. The van der Waals surface area contributed by atoms with E-state index in [0.717, 1.165) is 0 Å². The number of rotatable bonds is 2. The average Bonchev–Trinajstić information content (AvgIpc) is 2.09. The quantitative estimate of drug-likeness (QED) is 0.533. The number of carbonyl (C=O) groups is 1. The summed E-state index contributed by atoms with van der Waals surface area (Å²) in [5, 5.41) is 8.90. The van der Waals surface area contributed by atoms with Gasteiger partial charge in [0.05, 0.1) is 6.42 Å². The highest BCUT2D eigenvalue weighted by Crippen LogP contribution is 2.15. The number of ether oxygens (including phenoxy) is 1. The molecule has 1 radical (unpaired) electrons. The van der Waals surface area contributed by atoms with Gasteiger partial charge in [-0.3, -0.25) is 4.79 Å². The van der Waals surface area contributed by atoms with E-state index < -0.39 is 5.97 Å². The van der Waals surface area contributed by atoms with Crippen molar-refractivity contribution in [3.8, 4) is 11.5 Å². The molecule has 63 valence electrons. The van der Waals surface area contributed by atoms with Crippen LogP contribution in [0.5, 0.6) is 11.5 Å². The van der Waals surface area contributed by atoms with Crippen molar-refractivity contribution in [3.05, 3.63) is 30.7 Å². The van der Waals surface area contributed by atoms with Gasteiger partial charge in [0.15, 0.2) is 0 Å². The molecule has 0 atom stereocenters. The predicted octanol–water partition coefficient (Wildman–Crippen LogP) is 1.52. The fraction of sp³-hybridized carbons (Fsp3) is 0.111. The molecule has 0 aliphatic rings. The summed E-state index contributed by atoms with van der Waals surface area (Å²) in [5.74, 6) is 0.173. The number of hydrogen-bond donors (Lipinski definition) is 1. The zero-order valence-corrected chi connectivity index (χ0v) is 6.65. The third-order valence-electron chi connectivity index (χ3n) is 1.29. The fourth-order valence-corrected chi connectivity index (χ4v) is 0.689. The normalized spacial score (nSPS) is 9.42. The Morgan fingerprint density at radius 3 is 2.50 bits per heavy atom. The highest BCUT2D eigenvalue weighted by atomic mass is 16.5. The maximum Gasteiger partial charge on any atom is 0.314 e. The van der Waals surface area contributed by atoms with Crippen LogP contribution in [0.25, 0.3) is 0 Å². The third kappa shape index (κ3) is 2.27. The molecule has 3 heteroatoms. The van der Waals surface area contributed by atoms with Crippen molar-refractivity contribution in [2.75, 3.05) is 0 Å². The summed E-state index contributed by atoms with van der Waals surface area (Å²) in [6, 6.07) is 5.96. The van der Waals surface area contributed by atoms with Gasteiger partial charge < -0.3 is 9.84 Å². The number of phenols is 1. The average molecular weight is 165 g/mol. The van der Waals surface area contributed by atoms with Crippen molar-refractivity contribution in [3.63, 3.8) is 0 Å². The van der Waals surface area contributed by atoms with Gasteiger partial charge in [-0.15, -0.1) is 0 Å². The molecule has 1 rings (SSSR count). The first-order chi connectivity index (χ1) is 5.72. The Morgan fingerprint density at radius 1 is 1.42 bits per heavy atom. The van der Waals surface area contributed by atoms with Crippen LogP contribution in [0.1, 0.15) is 6.92 Å². The number of hydrogen-bond acceptors (Lipinski definition) is 3. The molecule has 0 bridgehead atoms. The summed E-state index contributed by atoms with van der Waals surface area (Å²) >= 11 is 0. The summed E-state index contributed by atoms with van der Waals surface area (Å²) in [6.07, 6.45) is 1.33. The van der Waals surface area contributed by atoms with E-state index in [0.29, 0.717) is 5.75 Å². The molecule has 0 fully saturated rings. The lowest BCUT2D eigenvalue weighted by atomic mass is 10.3. The molecule has 0 amide bonds. The van der Waals surface area contributed by atoms with E-state index in [1.165, 1.54) is 30.7 Å². The Bertz CT molecular complexity index is 264. The van der Waals surface area contributed by atoms with Crippen LogP contribution in [0.3, 0.4) is 0 Å². The van der Waals surface area contributed by atoms with Gasteiger partial charge in [-0.05, 0) is 24.3 Å². The van der Waals surface area contributed by atoms with Gasteiger partial charge in [-0.1, -0.05) is 6.92 Å². The smallest absolute Gasteiger partial charge is 0.314 e. The van der Waals surface area contributed by atoms with Crippen LogP contribution in [-0.2, 0) is 4.79 Å². The molecule has 0 saturated heterocycles. The van der Waals surface area contributed by atoms with Crippen molar-refractivity contribution >= 4 is 5.97 Å². The molecule has 0 aliphatic heterocycles. The SMILES string of the molecule is C[CH]C(=O)Oc1ccc(O)cc1. The first kappa shape index (κ1) is 8.59. The van der Waals surface area contributed by atoms with Crippen molar-refractivity contribution in [2.45, 2.75) is 6.92 Å². The largest absolute Gasteiger partial charge is 0.508 e. The zero-order chi connectivity index (χ0) is 8.97. The minimum atomic E-state index is -0.402. The number of phenolic OH excluding ortho intramolecular Hbond substituents is 1. The number of esters is 1. The van der Waals surface area contributed by atoms with Crippen molar-refractivity contribution in [1.29, 1.82) is 0 Å². The Balaban J connectivity index is 2.64. The summed E-state index contributed by atoms with van der Waals surface area (Å²) < 4.78 is 4.81. The second-order valence-electron chi connectivity index (χ2n) is 2.20. The molecule has 0 saturated carbocycles. The van der Waals surface area contributed by atoms with Gasteiger partial charge >= 0.3 is 5.97 Å². The molecule has 1 N–H and O–H groups in total. The molecular weight excluding hydrogens is 156 g/mol. The van der Waals surface area contributed by atoms with E-state index >= 15 is 0 Å². The van der Waals surface area contributed by atoms with Crippen LogP contribution < -0.4 is 4.74 Å². The standard InChI is InChI=1S/C9H9O3/c1-2-9(11)12-8-5-3-7(10)4-6-8/h2-6,10H,1H3. The number of aromatic hydroxyl groups is 1. The third-order valence-corrected chi connectivity index (χ3v) is 1.29. The lowest BCUT2D eigenvalue weighted by Crippen LogP contribution is -2.05. The van der Waals surface area contributed by atoms with Crippen LogP contribution in [0.4, 0.5) is 0 Å². The Kier molecular flexibility index (Phi) is 2.69. The number of benzene rings is 1. The molecule has 0 spiro atoms. The monoisotopic (exact) mass is 165 g/mol. The van der Waals surface area contributed by atoms with Crippen molar-refractivity contribution in [1.82, 2.24) is 0 Å². The van der Waals surface area contributed by atoms with Crippen LogP contribution in [-0.4, -0.2) is 11.1 Å². The minimum absolute atomic E-state index is 0.148. The van der Waals surface area contributed by atoms with E-state index in [1.807, 2.05) is 0 Å². The molecular formula is C9H9O3. The Morgan fingerprint density at radius 2 is 2.00 bits per heavy atom. The molecule has 0 aromatic heterocycles. The summed E-state index contributed by atoms with van der Waals surface area (Å²) in [4.78, 5) is 10.7. The summed E-state index contributed by atoms with van der Waals surface area (Å²) in [7, 11) is 0. The molecule has 12 heavy (non-hydrogen) atoms. The van der Waals surface area contributed by atoms with Gasteiger partial charge in [0.2, 0.25) is 0 Å². The van der Waals surface area contributed by atoms with E-state index in [4.69, 9.17) is 9.84 Å². The topological polar surface area (TPSA) is 46.5 Å². The van der Waals surface area contributed by atoms with Crippen molar-refractivity contribution < 1.29 is 14.6 Å². The summed E-state index contributed by atoms with van der Waals surface area (Å²) in [5.41, 5.74) is 0. The molecule has 1 aromatic carbocycles. The van der Waals surface area contributed by atoms with E-state index in [2.05, 4.69) is 0 Å². The molecule has 1 aromatic rings. The van der Waals surface area contributed by atoms with Crippen LogP contribution in [0.15, 0.2) is 24.3 Å². The Hall–Kier alpha value is -1.51. The number of carbonyl (C=O) groups excluding carboxylic acids is 1. The van der Waals surface area contributed by atoms with Gasteiger partial charge in [-0.2, -0.15) is 0 Å². The minimum Gasteiger partial charge on any atom is -0.508 e. The lowest BCUT2D eigenvalue weighted by Gasteiger charge is -2.00. The zero-order valence-electron chi connectivity index (χ0n) is 6.65.